The van der Waals surface area contributed by atoms with Crippen molar-refractivity contribution in [3.8, 4) is 6.07 Å². The first kappa shape index (κ1) is 19.8. The zero-order valence-electron chi connectivity index (χ0n) is 14.2. The molecule has 0 N–H and O–H groups in total. The fraction of sp³-hybridized carbons (Fsp3) is 0.471. The number of likely N-dealkylation sites (N-methyl/N-ethyl adjacent to an activating group) is 1. The predicted octanol–water partition coefficient (Wildman–Crippen LogP) is 3.18. The van der Waals surface area contributed by atoms with E-state index in [1.807, 2.05) is 0 Å². The van der Waals surface area contributed by atoms with Crippen LogP contribution in [0.15, 0.2) is 24.3 Å². The van der Waals surface area contributed by atoms with Crippen molar-refractivity contribution in [1.82, 2.24) is 4.90 Å². The lowest BCUT2D eigenvalue weighted by atomic mass is 10.1. The molecular formula is C17H21ClN2O4. The topological polar surface area (TPSA) is 79.6 Å². The number of ether oxygens (including phenoxy) is 2. The lowest BCUT2D eigenvalue weighted by Crippen LogP contribution is -2.46. The molecule has 0 aliphatic heterocycles. The molecule has 130 valence electrons. The fourth-order valence-electron chi connectivity index (χ4n) is 1.88. The van der Waals surface area contributed by atoms with Crippen molar-refractivity contribution >= 4 is 23.7 Å². The van der Waals surface area contributed by atoms with Gasteiger partial charge in [-0.1, -0.05) is 23.7 Å². The van der Waals surface area contributed by atoms with Gasteiger partial charge in [0.15, 0.2) is 6.61 Å². The molecule has 7 heteroatoms. The zero-order valence-corrected chi connectivity index (χ0v) is 15.0. The summed E-state index contributed by atoms with van der Waals surface area (Å²) in [5, 5.41) is 9.14. The van der Waals surface area contributed by atoms with E-state index in [1.54, 1.807) is 51.1 Å². The normalized spacial score (nSPS) is 12.0. The van der Waals surface area contributed by atoms with Gasteiger partial charge in [0.2, 0.25) is 0 Å². The minimum absolute atomic E-state index is 0.219. The molecule has 0 saturated heterocycles. The van der Waals surface area contributed by atoms with E-state index < -0.39 is 23.7 Å². The summed E-state index contributed by atoms with van der Waals surface area (Å²) >= 11 is 5.85. The van der Waals surface area contributed by atoms with Crippen molar-refractivity contribution in [2.45, 2.75) is 38.8 Å². The van der Waals surface area contributed by atoms with Gasteiger partial charge in [-0.2, -0.15) is 5.26 Å². The quantitative estimate of drug-likeness (QED) is 0.760. The standard InChI is InChI=1S/C17H21ClN2O4/c1-17(2,3)24-16(22)20(4)14(15(21)23-10-9-19)11-12-5-7-13(18)8-6-12/h5-8,14H,10-11H2,1-4H3/t14-/m0/s1. The third-order valence-electron chi connectivity index (χ3n) is 3.04. The van der Waals surface area contributed by atoms with Crippen LogP contribution in [0.4, 0.5) is 4.79 Å². The second kappa shape index (κ2) is 8.55. The summed E-state index contributed by atoms with van der Waals surface area (Å²) in [5.74, 6) is -0.667. The summed E-state index contributed by atoms with van der Waals surface area (Å²) in [7, 11) is 1.46. The zero-order chi connectivity index (χ0) is 18.3. The summed E-state index contributed by atoms with van der Waals surface area (Å²) < 4.78 is 10.2. The van der Waals surface area contributed by atoms with Crippen molar-refractivity contribution in [2.75, 3.05) is 13.7 Å². The molecule has 1 amide bonds. The molecule has 1 atom stereocenters. The van der Waals surface area contributed by atoms with E-state index in [9.17, 15) is 9.59 Å². The number of hydrogen-bond acceptors (Lipinski definition) is 5. The van der Waals surface area contributed by atoms with Crippen molar-refractivity contribution in [3.63, 3.8) is 0 Å². The van der Waals surface area contributed by atoms with Crippen LogP contribution in [0.2, 0.25) is 5.02 Å². The number of hydrogen-bond donors (Lipinski definition) is 0. The Morgan fingerprint density at radius 1 is 1.29 bits per heavy atom. The molecule has 1 aromatic rings. The van der Waals surface area contributed by atoms with Gasteiger partial charge in [0, 0.05) is 18.5 Å². The number of rotatable bonds is 5. The Kier molecular flexibility index (Phi) is 7.05. The van der Waals surface area contributed by atoms with Crippen LogP contribution in [0.25, 0.3) is 0 Å². The summed E-state index contributed by atoms with van der Waals surface area (Å²) in [6.07, 6.45) is -0.424. The minimum Gasteiger partial charge on any atom is -0.449 e. The molecule has 6 nitrogen and oxygen atoms in total. The first-order chi connectivity index (χ1) is 11.1. The van der Waals surface area contributed by atoms with Crippen molar-refractivity contribution in [3.05, 3.63) is 34.9 Å². The number of nitriles is 1. The van der Waals surface area contributed by atoms with Gasteiger partial charge in [0.25, 0.3) is 0 Å². The van der Waals surface area contributed by atoms with E-state index in [0.717, 1.165) is 5.56 Å². The smallest absolute Gasteiger partial charge is 0.410 e. The number of carbonyl (C=O) groups is 2. The first-order valence-corrected chi connectivity index (χ1v) is 7.75. The van der Waals surface area contributed by atoms with E-state index in [0.29, 0.717) is 5.02 Å². The predicted molar refractivity (Wildman–Crippen MR) is 89.5 cm³/mol. The van der Waals surface area contributed by atoms with Gasteiger partial charge in [-0.3, -0.25) is 4.90 Å². The van der Waals surface area contributed by atoms with Crippen LogP contribution >= 0.6 is 11.6 Å². The van der Waals surface area contributed by atoms with Crippen LogP contribution in [0.5, 0.6) is 0 Å². The summed E-state index contributed by atoms with van der Waals surface area (Å²) in [4.78, 5) is 25.6. The molecule has 0 bridgehead atoms. The Labute approximate surface area is 146 Å². The summed E-state index contributed by atoms with van der Waals surface area (Å²) in [5.41, 5.74) is 0.112. The van der Waals surface area contributed by atoms with Gasteiger partial charge in [0.1, 0.15) is 17.7 Å². The van der Waals surface area contributed by atoms with E-state index in [-0.39, 0.29) is 13.0 Å². The highest BCUT2D eigenvalue weighted by Gasteiger charge is 2.31. The van der Waals surface area contributed by atoms with Gasteiger partial charge in [0.05, 0.1) is 0 Å². The average molecular weight is 353 g/mol. The lowest BCUT2D eigenvalue weighted by molar-refractivity contribution is -0.147. The minimum atomic E-state index is -0.908. The highest BCUT2D eigenvalue weighted by Crippen LogP contribution is 2.16. The Morgan fingerprint density at radius 3 is 2.38 bits per heavy atom. The molecule has 0 spiro atoms. The summed E-state index contributed by atoms with van der Waals surface area (Å²) in [6.45, 7) is 4.83. The van der Waals surface area contributed by atoms with Gasteiger partial charge in [-0.15, -0.1) is 0 Å². The van der Waals surface area contributed by atoms with Crippen molar-refractivity contribution < 1.29 is 19.1 Å². The molecule has 1 aromatic carbocycles. The van der Waals surface area contributed by atoms with Crippen LogP contribution < -0.4 is 0 Å². The third-order valence-corrected chi connectivity index (χ3v) is 3.29. The number of amides is 1. The molecule has 0 unspecified atom stereocenters. The van der Waals surface area contributed by atoms with Gasteiger partial charge in [-0.05, 0) is 38.5 Å². The molecule has 0 aliphatic rings. The first-order valence-electron chi connectivity index (χ1n) is 7.38. The number of halogens is 1. The maximum absolute atomic E-state index is 12.2. The Balaban J connectivity index is 2.95. The molecular weight excluding hydrogens is 332 g/mol. The van der Waals surface area contributed by atoms with Crippen LogP contribution in [-0.4, -0.2) is 42.3 Å². The van der Waals surface area contributed by atoms with E-state index in [4.69, 9.17) is 26.3 Å². The second-order valence-electron chi connectivity index (χ2n) is 6.20. The summed E-state index contributed by atoms with van der Waals surface area (Å²) in [6, 6.07) is 7.74. The Bertz CT molecular complexity index is 617. The highest BCUT2D eigenvalue weighted by atomic mass is 35.5. The van der Waals surface area contributed by atoms with Crippen molar-refractivity contribution in [1.29, 1.82) is 5.26 Å². The number of nitrogens with zero attached hydrogens (tertiary/aromatic N) is 2. The number of benzene rings is 1. The molecule has 0 aliphatic carbocycles. The molecule has 0 aromatic heterocycles. The molecule has 1 rings (SSSR count). The van der Waals surface area contributed by atoms with Crippen LogP contribution in [0.3, 0.4) is 0 Å². The third kappa shape index (κ3) is 6.47. The van der Waals surface area contributed by atoms with E-state index >= 15 is 0 Å². The van der Waals surface area contributed by atoms with Crippen LogP contribution in [0.1, 0.15) is 26.3 Å². The molecule has 0 radical (unpaired) electrons. The van der Waals surface area contributed by atoms with E-state index in [2.05, 4.69) is 0 Å². The van der Waals surface area contributed by atoms with Gasteiger partial charge < -0.3 is 9.47 Å². The van der Waals surface area contributed by atoms with Gasteiger partial charge in [-0.25, -0.2) is 9.59 Å². The molecule has 0 saturated carbocycles. The largest absolute Gasteiger partial charge is 0.449 e. The average Bonchev–Trinajstić information content (AvgIpc) is 2.49. The highest BCUT2D eigenvalue weighted by molar-refractivity contribution is 6.30. The molecule has 0 fully saturated rings. The van der Waals surface area contributed by atoms with Crippen LogP contribution in [0, 0.1) is 11.3 Å². The number of carbonyl (C=O) groups excluding carboxylic acids is 2. The van der Waals surface area contributed by atoms with E-state index in [1.165, 1.54) is 11.9 Å². The number of esters is 1. The fourth-order valence-corrected chi connectivity index (χ4v) is 2.01. The SMILES string of the molecule is CN(C(=O)OC(C)(C)C)[C@@H](Cc1ccc(Cl)cc1)C(=O)OCC#N. The second-order valence-corrected chi connectivity index (χ2v) is 6.64. The maximum Gasteiger partial charge on any atom is 0.410 e. The maximum atomic E-state index is 12.2. The molecule has 24 heavy (non-hydrogen) atoms. The molecule has 0 heterocycles. The van der Waals surface area contributed by atoms with Gasteiger partial charge >= 0.3 is 12.1 Å². The Morgan fingerprint density at radius 2 is 1.88 bits per heavy atom. The van der Waals surface area contributed by atoms with Crippen LogP contribution in [-0.2, 0) is 20.7 Å². The monoisotopic (exact) mass is 352 g/mol. The lowest BCUT2D eigenvalue weighted by Gasteiger charge is -2.29. The Hall–Kier alpha value is -2.26. The van der Waals surface area contributed by atoms with Crippen molar-refractivity contribution in [2.24, 2.45) is 0 Å².